The SMILES string of the molecule is COc1ccc(S(=O)(=O)C(C#N)c2cccnc2Cl)cc1. The van der Waals surface area contributed by atoms with Crippen molar-refractivity contribution in [2.24, 2.45) is 0 Å². The molecule has 1 unspecified atom stereocenters. The van der Waals surface area contributed by atoms with Crippen LogP contribution in [0.25, 0.3) is 0 Å². The van der Waals surface area contributed by atoms with E-state index < -0.39 is 15.1 Å². The van der Waals surface area contributed by atoms with Gasteiger partial charge in [0.15, 0.2) is 15.1 Å². The summed E-state index contributed by atoms with van der Waals surface area (Å²) in [7, 11) is -2.41. The van der Waals surface area contributed by atoms with E-state index >= 15 is 0 Å². The molecular weight excluding hydrogens is 312 g/mol. The molecule has 7 heteroatoms. The number of sulfone groups is 1. The molecule has 0 saturated heterocycles. The van der Waals surface area contributed by atoms with Crippen LogP contribution in [-0.4, -0.2) is 20.5 Å². The molecule has 1 aromatic heterocycles. The van der Waals surface area contributed by atoms with Gasteiger partial charge < -0.3 is 4.74 Å². The van der Waals surface area contributed by atoms with E-state index in [-0.39, 0.29) is 15.6 Å². The lowest BCUT2D eigenvalue weighted by atomic mass is 10.2. The number of ether oxygens (including phenoxy) is 1. The molecule has 108 valence electrons. The Balaban J connectivity index is 2.50. The van der Waals surface area contributed by atoms with E-state index in [2.05, 4.69) is 4.98 Å². The number of hydrogen-bond acceptors (Lipinski definition) is 5. The number of benzene rings is 1. The van der Waals surface area contributed by atoms with Crippen LogP contribution >= 0.6 is 11.6 Å². The van der Waals surface area contributed by atoms with E-state index in [1.807, 2.05) is 0 Å². The second-order valence-corrected chi connectivity index (χ2v) is 6.50. The lowest BCUT2D eigenvalue weighted by Gasteiger charge is -2.12. The van der Waals surface area contributed by atoms with Crippen molar-refractivity contribution in [1.82, 2.24) is 4.98 Å². The van der Waals surface area contributed by atoms with Crippen molar-refractivity contribution < 1.29 is 13.2 Å². The van der Waals surface area contributed by atoms with Crippen LogP contribution in [-0.2, 0) is 9.84 Å². The summed E-state index contributed by atoms with van der Waals surface area (Å²) in [5, 5.41) is 7.85. The van der Waals surface area contributed by atoms with Gasteiger partial charge in [-0.15, -0.1) is 0 Å². The maximum atomic E-state index is 12.6. The lowest BCUT2D eigenvalue weighted by Crippen LogP contribution is -2.13. The second-order valence-electron chi connectivity index (χ2n) is 4.11. The summed E-state index contributed by atoms with van der Waals surface area (Å²) in [5.74, 6) is 0.530. The average molecular weight is 323 g/mol. The van der Waals surface area contributed by atoms with Crippen LogP contribution in [0.4, 0.5) is 0 Å². The predicted octanol–water partition coefficient (Wildman–Crippen LogP) is 2.78. The highest BCUT2D eigenvalue weighted by Crippen LogP contribution is 2.32. The predicted molar refractivity (Wildman–Crippen MR) is 77.8 cm³/mol. The third-order valence-electron chi connectivity index (χ3n) is 2.89. The first kappa shape index (κ1) is 15.3. The molecule has 1 atom stereocenters. The molecule has 0 radical (unpaired) electrons. The number of pyridine rings is 1. The van der Waals surface area contributed by atoms with E-state index in [0.717, 1.165) is 0 Å². The van der Waals surface area contributed by atoms with Crippen molar-refractivity contribution in [3.63, 3.8) is 0 Å². The van der Waals surface area contributed by atoms with Gasteiger partial charge in [0, 0.05) is 11.8 Å². The Kier molecular flexibility index (Phi) is 4.46. The topological polar surface area (TPSA) is 80.0 Å². The Morgan fingerprint density at radius 3 is 2.48 bits per heavy atom. The summed E-state index contributed by atoms with van der Waals surface area (Å²) in [5.41, 5.74) is 0.164. The number of nitriles is 1. The molecule has 1 heterocycles. The Hall–Kier alpha value is -2.10. The zero-order chi connectivity index (χ0) is 15.5. The zero-order valence-electron chi connectivity index (χ0n) is 11.0. The third kappa shape index (κ3) is 2.99. The van der Waals surface area contributed by atoms with Crippen LogP contribution in [0.3, 0.4) is 0 Å². The molecule has 0 aliphatic rings. The number of nitrogens with zero attached hydrogens (tertiary/aromatic N) is 2. The van der Waals surface area contributed by atoms with Gasteiger partial charge in [-0.1, -0.05) is 17.7 Å². The minimum absolute atomic E-state index is 0.00105. The van der Waals surface area contributed by atoms with E-state index in [9.17, 15) is 13.7 Å². The molecular formula is C14H11ClN2O3S. The molecule has 2 aromatic rings. The monoisotopic (exact) mass is 322 g/mol. The van der Waals surface area contributed by atoms with Gasteiger partial charge in [0.1, 0.15) is 10.9 Å². The normalized spacial score (nSPS) is 12.4. The molecule has 0 aliphatic heterocycles. The lowest BCUT2D eigenvalue weighted by molar-refractivity contribution is 0.414. The van der Waals surface area contributed by atoms with Crippen LogP contribution in [0.1, 0.15) is 10.8 Å². The van der Waals surface area contributed by atoms with Crippen molar-refractivity contribution in [3.05, 3.63) is 53.3 Å². The fourth-order valence-corrected chi connectivity index (χ4v) is 3.55. The van der Waals surface area contributed by atoms with Crippen LogP contribution in [0.2, 0.25) is 5.15 Å². The van der Waals surface area contributed by atoms with Gasteiger partial charge in [-0.25, -0.2) is 13.4 Å². The third-order valence-corrected chi connectivity index (χ3v) is 5.11. The molecule has 21 heavy (non-hydrogen) atoms. The Morgan fingerprint density at radius 2 is 1.95 bits per heavy atom. The van der Waals surface area contributed by atoms with Crippen LogP contribution < -0.4 is 4.74 Å². The van der Waals surface area contributed by atoms with Crippen molar-refractivity contribution >= 4 is 21.4 Å². The van der Waals surface area contributed by atoms with E-state index in [1.54, 1.807) is 6.07 Å². The highest BCUT2D eigenvalue weighted by atomic mass is 35.5. The molecule has 5 nitrogen and oxygen atoms in total. The van der Waals surface area contributed by atoms with Crippen LogP contribution in [0.5, 0.6) is 5.75 Å². The number of aromatic nitrogens is 1. The molecule has 2 rings (SSSR count). The van der Waals surface area contributed by atoms with E-state index in [1.165, 1.54) is 49.7 Å². The standard InChI is InChI=1S/C14H11ClN2O3S/c1-20-10-4-6-11(7-5-10)21(18,19)13(9-16)12-3-2-8-17-14(12)15/h2-8,13H,1H3. The first-order valence-corrected chi connectivity index (χ1v) is 7.81. The molecule has 1 aromatic carbocycles. The minimum atomic E-state index is -3.89. The van der Waals surface area contributed by atoms with Gasteiger partial charge in [0.25, 0.3) is 0 Å². The van der Waals surface area contributed by atoms with Gasteiger partial charge in [-0.2, -0.15) is 5.26 Å². The number of halogens is 1. The maximum Gasteiger partial charge on any atom is 0.198 e. The molecule has 0 fully saturated rings. The molecule has 0 amide bonds. The summed E-state index contributed by atoms with van der Waals surface area (Å²) in [4.78, 5) is 3.84. The van der Waals surface area contributed by atoms with Gasteiger partial charge >= 0.3 is 0 Å². The molecule has 0 N–H and O–H groups in total. The smallest absolute Gasteiger partial charge is 0.198 e. The summed E-state index contributed by atoms with van der Waals surface area (Å²) in [6, 6.07) is 10.6. The minimum Gasteiger partial charge on any atom is -0.497 e. The molecule has 0 bridgehead atoms. The summed E-state index contributed by atoms with van der Waals surface area (Å²) < 4.78 is 30.1. The highest BCUT2D eigenvalue weighted by Gasteiger charge is 2.31. The van der Waals surface area contributed by atoms with Gasteiger partial charge in [-0.3, -0.25) is 0 Å². The largest absolute Gasteiger partial charge is 0.497 e. The summed E-state index contributed by atoms with van der Waals surface area (Å²) >= 11 is 5.89. The summed E-state index contributed by atoms with van der Waals surface area (Å²) in [6.07, 6.45) is 1.43. The highest BCUT2D eigenvalue weighted by molar-refractivity contribution is 7.92. The Labute approximate surface area is 127 Å². The van der Waals surface area contributed by atoms with Crippen molar-refractivity contribution in [2.45, 2.75) is 10.1 Å². The Bertz CT molecular complexity index is 783. The van der Waals surface area contributed by atoms with Gasteiger partial charge in [0.2, 0.25) is 0 Å². The number of rotatable bonds is 4. The molecule has 0 spiro atoms. The van der Waals surface area contributed by atoms with E-state index in [0.29, 0.717) is 5.75 Å². The maximum absolute atomic E-state index is 12.6. The van der Waals surface area contributed by atoms with Crippen molar-refractivity contribution in [2.75, 3.05) is 7.11 Å². The van der Waals surface area contributed by atoms with Crippen LogP contribution in [0.15, 0.2) is 47.5 Å². The first-order valence-electron chi connectivity index (χ1n) is 5.88. The molecule has 0 aliphatic carbocycles. The molecule has 0 saturated carbocycles. The average Bonchev–Trinajstić information content (AvgIpc) is 2.50. The van der Waals surface area contributed by atoms with E-state index in [4.69, 9.17) is 16.3 Å². The zero-order valence-corrected chi connectivity index (χ0v) is 12.6. The van der Waals surface area contributed by atoms with Gasteiger partial charge in [0.05, 0.1) is 18.1 Å². The Morgan fingerprint density at radius 1 is 1.29 bits per heavy atom. The number of methoxy groups -OCH3 is 1. The van der Waals surface area contributed by atoms with Crippen LogP contribution in [0, 0.1) is 11.3 Å². The van der Waals surface area contributed by atoms with Gasteiger partial charge in [-0.05, 0) is 30.3 Å². The first-order chi connectivity index (χ1) is 10.0. The van der Waals surface area contributed by atoms with Crippen molar-refractivity contribution in [1.29, 1.82) is 5.26 Å². The second kappa shape index (κ2) is 6.12. The fourth-order valence-electron chi connectivity index (χ4n) is 1.80. The summed E-state index contributed by atoms with van der Waals surface area (Å²) in [6.45, 7) is 0. The quantitative estimate of drug-likeness (QED) is 0.808. The number of hydrogen-bond donors (Lipinski definition) is 0. The fraction of sp³-hybridized carbons (Fsp3) is 0.143. The van der Waals surface area contributed by atoms with Crippen molar-refractivity contribution in [3.8, 4) is 11.8 Å².